The predicted molar refractivity (Wildman–Crippen MR) is 121 cm³/mol. The third-order valence-corrected chi connectivity index (χ3v) is 5.14. The molecule has 0 fully saturated rings. The van der Waals surface area contributed by atoms with Crippen molar-refractivity contribution in [1.82, 2.24) is 15.5 Å². The number of hydrogen-bond donors (Lipinski definition) is 2. The number of amides is 2. The van der Waals surface area contributed by atoms with Gasteiger partial charge in [-0.3, -0.25) is 4.79 Å². The van der Waals surface area contributed by atoms with Crippen LogP contribution >= 0.6 is 11.8 Å². The highest BCUT2D eigenvalue weighted by atomic mass is 32.2. The molecule has 9 heteroatoms. The summed E-state index contributed by atoms with van der Waals surface area (Å²) in [6.07, 6.45) is 0.0667. The summed E-state index contributed by atoms with van der Waals surface area (Å²) in [5.41, 5.74) is 2.33. The molecule has 0 saturated carbocycles. The highest BCUT2D eigenvalue weighted by molar-refractivity contribution is 7.99. The van der Waals surface area contributed by atoms with Crippen molar-refractivity contribution in [3.05, 3.63) is 35.2 Å². The van der Waals surface area contributed by atoms with Gasteiger partial charge >= 0.3 is 6.09 Å². The van der Waals surface area contributed by atoms with E-state index in [-0.39, 0.29) is 28.7 Å². The van der Waals surface area contributed by atoms with Gasteiger partial charge in [-0.25, -0.2) is 4.79 Å². The van der Waals surface area contributed by atoms with Crippen molar-refractivity contribution < 1.29 is 18.7 Å². The van der Waals surface area contributed by atoms with E-state index in [1.807, 2.05) is 45.9 Å². The molecule has 0 bridgehead atoms. The number of hydrogen-bond acceptors (Lipinski definition) is 7. The first kappa shape index (κ1) is 24.7. The lowest BCUT2D eigenvalue weighted by Gasteiger charge is -2.22. The first-order valence-corrected chi connectivity index (χ1v) is 11.2. The fraction of sp³-hybridized carbons (Fsp3) is 0.545. The van der Waals surface area contributed by atoms with Crippen LogP contribution in [0.25, 0.3) is 0 Å². The third kappa shape index (κ3) is 8.24. The molecule has 0 unspecified atom stereocenters. The smallest absolute Gasteiger partial charge is 0.408 e. The van der Waals surface area contributed by atoms with Crippen LogP contribution in [0.5, 0.6) is 0 Å². The lowest BCUT2D eigenvalue weighted by Crippen LogP contribution is -2.35. The van der Waals surface area contributed by atoms with Crippen molar-refractivity contribution in [3.63, 3.8) is 0 Å². The first-order valence-electron chi connectivity index (χ1n) is 10.3. The van der Waals surface area contributed by atoms with Crippen molar-refractivity contribution in [3.8, 4) is 0 Å². The minimum absolute atomic E-state index is 0.128. The number of alkyl carbamates (subject to hydrolysis) is 1. The second-order valence-electron chi connectivity index (χ2n) is 8.82. The monoisotopic (exact) mass is 448 g/mol. The Kier molecular flexibility index (Phi) is 8.50. The average molecular weight is 449 g/mol. The van der Waals surface area contributed by atoms with E-state index < -0.39 is 17.7 Å². The van der Waals surface area contributed by atoms with Crippen molar-refractivity contribution >= 4 is 29.4 Å². The molecule has 1 atom stereocenters. The molecule has 0 aliphatic rings. The molecule has 2 aromatic rings. The van der Waals surface area contributed by atoms with E-state index >= 15 is 0 Å². The Labute approximate surface area is 187 Å². The quantitative estimate of drug-likeness (QED) is 0.546. The lowest BCUT2D eigenvalue weighted by molar-refractivity contribution is -0.113. The fourth-order valence-corrected chi connectivity index (χ4v) is 3.33. The van der Waals surface area contributed by atoms with Crippen LogP contribution in [0.4, 0.5) is 10.5 Å². The molecule has 1 aromatic heterocycles. The Bertz CT molecular complexity index is 905. The minimum Gasteiger partial charge on any atom is -0.444 e. The van der Waals surface area contributed by atoms with Crippen LogP contribution in [0.15, 0.2) is 27.8 Å². The highest BCUT2D eigenvalue weighted by Gasteiger charge is 2.25. The Morgan fingerprint density at radius 2 is 1.90 bits per heavy atom. The number of anilines is 1. The molecule has 8 nitrogen and oxygen atoms in total. The number of ether oxygens (including phenoxy) is 1. The molecule has 0 saturated heterocycles. The summed E-state index contributed by atoms with van der Waals surface area (Å²) in [7, 11) is 0. The van der Waals surface area contributed by atoms with Crippen LogP contribution in [0.3, 0.4) is 0 Å². The maximum atomic E-state index is 12.3. The van der Waals surface area contributed by atoms with Crippen LogP contribution in [-0.4, -0.2) is 33.6 Å². The Hall–Kier alpha value is -2.55. The van der Waals surface area contributed by atoms with E-state index in [2.05, 4.69) is 20.8 Å². The first-order chi connectivity index (χ1) is 14.4. The second-order valence-corrected chi connectivity index (χ2v) is 9.75. The Morgan fingerprint density at radius 1 is 1.19 bits per heavy atom. The second kappa shape index (κ2) is 10.7. The highest BCUT2D eigenvalue weighted by Crippen LogP contribution is 2.25. The van der Waals surface area contributed by atoms with Gasteiger partial charge in [-0.2, -0.15) is 0 Å². The molecule has 1 heterocycles. The van der Waals surface area contributed by atoms with E-state index in [0.29, 0.717) is 6.42 Å². The summed E-state index contributed by atoms with van der Waals surface area (Å²) in [5.74, 6) is 0.538. The van der Waals surface area contributed by atoms with Gasteiger partial charge in [-0.15, -0.1) is 10.2 Å². The van der Waals surface area contributed by atoms with Gasteiger partial charge in [0.2, 0.25) is 11.8 Å². The Morgan fingerprint density at radius 3 is 2.55 bits per heavy atom. The van der Waals surface area contributed by atoms with Gasteiger partial charge in [0.1, 0.15) is 11.6 Å². The predicted octanol–water partition coefficient (Wildman–Crippen LogP) is 5.03. The number of benzene rings is 1. The number of thioether (sulfide) groups is 1. The van der Waals surface area contributed by atoms with E-state index in [1.165, 1.54) is 0 Å². The van der Waals surface area contributed by atoms with Crippen LogP contribution in [0, 0.1) is 19.8 Å². The molecule has 31 heavy (non-hydrogen) atoms. The van der Waals surface area contributed by atoms with Crippen LogP contribution in [0.1, 0.15) is 64.1 Å². The van der Waals surface area contributed by atoms with Gasteiger partial charge in [0.05, 0.1) is 5.75 Å². The summed E-state index contributed by atoms with van der Waals surface area (Å²) in [6.45, 7) is 13.4. The zero-order valence-corrected chi connectivity index (χ0v) is 20.1. The van der Waals surface area contributed by atoms with Gasteiger partial charge in [0.15, 0.2) is 0 Å². The minimum atomic E-state index is -0.606. The van der Waals surface area contributed by atoms with Crippen molar-refractivity contribution in [2.45, 2.75) is 71.8 Å². The number of nitrogens with zero attached hydrogens (tertiary/aromatic N) is 2. The molecular weight excluding hydrogens is 416 g/mol. The zero-order valence-electron chi connectivity index (χ0n) is 19.2. The molecule has 1 aromatic carbocycles. The van der Waals surface area contributed by atoms with E-state index in [1.54, 1.807) is 20.8 Å². The van der Waals surface area contributed by atoms with Gasteiger partial charge in [-0.1, -0.05) is 37.7 Å². The van der Waals surface area contributed by atoms with Gasteiger partial charge in [0, 0.05) is 5.69 Å². The van der Waals surface area contributed by atoms with Crippen molar-refractivity contribution in [2.24, 2.45) is 5.92 Å². The average Bonchev–Trinajstić information content (AvgIpc) is 3.10. The number of nitrogens with one attached hydrogen (secondary N) is 2. The maximum absolute atomic E-state index is 12.3. The summed E-state index contributed by atoms with van der Waals surface area (Å²) < 4.78 is 11.0. The zero-order chi connectivity index (χ0) is 23.2. The molecule has 2 N–H and O–H groups in total. The Balaban J connectivity index is 1.98. The van der Waals surface area contributed by atoms with Crippen LogP contribution in [0.2, 0.25) is 0 Å². The van der Waals surface area contributed by atoms with E-state index in [4.69, 9.17) is 9.15 Å². The largest absolute Gasteiger partial charge is 0.444 e. The van der Waals surface area contributed by atoms with Crippen LogP contribution in [-0.2, 0) is 9.53 Å². The molecule has 0 radical (unpaired) electrons. The molecular formula is C22H32N4O4S. The van der Waals surface area contributed by atoms with Gasteiger partial charge in [0.25, 0.3) is 5.22 Å². The van der Waals surface area contributed by atoms with E-state index in [0.717, 1.165) is 28.6 Å². The molecule has 0 aliphatic heterocycles. The molecule has 0 spiro atoms. The van der Waals surface area contributed by atoms with Gasteiger partial charge < -0.3 is 19.8 Å². The number of rotatable bonds is 8. The molecule has 2 amide bonds. The summed E-state index contributed by atoms with van der Waals surface area (Å²) in [6, 6.07) is 5.30. The maximum Gasteiger partial charge on any atom is 0.408 e. The van der Waals surface area contributed by atoms with Crippen LogP contribution < -0.4 is 10.6 Å². The topological polar surface area (TPSA) is 106 Å². The van der Waals surface area contributed by atoms with Crippen molar-refractivity contribution in [1.29, 1.82) is 0 Å². The van der Waals surface area contributed by atoms with E-state index in [9.17, 15) is 9.59 Å². The molecule has 0 aliphatic carbocycles. The molecule has 2 rings (SSSR count). The lowest BCUT2D eigenvalue weighted by atomic mass is 10.0. The third-order valence-electron chi connectivity index (χ3n) is 4.32. The standard InChI is InChI=1S/C22H32N4O4S/c1-13(2)11-17(24-20(28)30-22(5,6)7)19-25-26-21(29-19)31-12-18(27)23-16-10-8-9-14(3)15(16)4/h8-10,13,17H,11-12H2,1-7H3,(H,23,27)(H,24,28)/t17-/m0/s1. The summed E-state index contributed by atoms with van der Waals surface area (Å²) in [4.78, 5) is 24.5. The fourth-order valence-electron chi connectivity index (χ4n) is 2.76. The number of aromatic nitrogens is 2. The molecule has 170 valence electrons. The summed E-state index contributed by atoms with van der Waals surface area (Å²) in [5, 5.41) is 14.0. The number of aryl methyl sites for hydroxylation is 1. The summed E-state index contributed by atoms with van der Waals surface area (Å²) >= 11 is 1.15. The number of carbonyl (C=O) groups is 2. The SMILES string of the molecule is Cc1cccc(NC(=O)CSc2nnc([C@H](CC(C)C)NC(=O)OC(C)(C)C)o2)c1C. The number of carbonyl (C=O) groups excluding carboxylic acids is 2. The van der Waals surface area contributed by atoms with Crippen molar-refractivity contribution in [2.75, 3.05) is 11.1 Å². The van der Waals surface area contributed by atoms with Gasteiger partial charge in [-0.05, 0) is 64.2 Å². The normalized spacial score (nSPS) is 12.5.